The topological polar surface area (TPSA) is 47.1 Å². The molecule has 0 bridgehead atoms. The quantitative estimate of drug-likeness (QED) is 0.589. The number of aryl methyl sites for hydroxylation is 1. The van der Waals surface area contributed by atoms with Gasteiger partial charge >= 0.3 is 0 Å². The van der Waals surface area contributed by atoms with Crippen molar-refractivity contribution in [2.75, 3.05) is 19.3 Å². The van der Waals surface area contributed by atoms with Crippen molar-refractivity contribution < 1.29 is 0 Å². The molecule has 0 unspecified atom stereocenters. The number of hydrogen-bond acceptors (Lipinski definition) is 3. The van der Waals surface area contributed by atoms with Crippen LogP contribution < -0.4 is 5.73 Å². The van der Waals surface area contributed by atoms with Crippen molar-refractivity contribution in [3.8, 4) is 0 Å². The minimum absolute atomic E-state index is 0.832. The molecule has 0 spiro atoms. The van der Waals surface area contributed by atoms with Gasteiger partial charge in [0.25, 0.3) is 0 Å². The highest BCUT2D eigenvalue weighted by molar-refractivity contribution is 5.44. The van der Waals surface area contributed by atoms with Crippen molar-refractivity contribution in [1.29, 1.82) is 0 Å². The lowest BCUT2D eigenvalue weighted by Crippen LogP contribution is -2.26. The highest BCUT2D eigenvalue weighted by Crippen LogP contribution is 2.21. The molecule has 2 heterocycles. The molecule has 1 aliphatic heterocycles. The Labute approximate surface area is 72.0 Å². The fourth-order valence-corrected chi connectivity index (χ4v) is 1.68. The third-order valence-electron chi connectivity index (χ3n) is 2.44. The van der Waals surface area contributed by atoms with Gasteiger partial charge in [0.15, 0.2) is 0 Å². The summed E-state index contributed by atoms with van der Waals surface area (Å²) in [7, 11) is 4.00. The lowest BCUT2D eigenvalue weighted by molar-refractivity contribution is 0.308. The zero-order valence-corrected chi connectivity index (χ0v) is 7.54. The van der Waals surface area contributed by atoms with Crippen molar-refractivity contribution in [1.82, 2.24) is 14.7 Å². The molecule has 2 rings (SSSR count). The molecular formula is C8H14N4. The second kappa shape index (κ2) is 2.48. The molecule has 12 heavy (non-hydrogen) atoms. The molecule has 4 nitrogen and oxygen atoms in total. The van der Waals surface area contributed by atoms with Crippen LogP contribution in [0.1, 0.15) is 11.3 Å². The van der Waals surface area contributed by atoms with Gasteiger partial charge in [-0.25, -0.2) is 0 Å². The van der Waals surface area contributed by atoms with Gasteiger partial charge in [-0.3, -0.25) is 4.68 Å². The van der Waals surface area contributed by atoms with E-state index in [1.165, 1.54) is 5.56 Å². The first-order valence-corrected chi connectivity index (χ1v) is 4.17. The molecule has 1 aliphatic rings. The van der Waals surface area contributed by atoms with Crippen molar-refractivity contribution in [3.05, 3.63) is 11.3 Å². The fraction of sp³-hybridized carbons (Fsp3) is 0.625. The van der Waals surface area contributed by atoms with Gasteiger partial charge in [-0.05, 0) is 13.5 Å². The van der Waals surface area contributed by atoms with Crippen molar-refractivity contribution >= 4 is 5.82 Å². The number of rotatable bonds is 0. The molecule has 0 amide bonds. The van der Waals surface area contributed by atoms with Crippen LogP contribution in [0.25, 0.3) is 0 Å². The van der Waals surface area contributed by atoms with E-state index in [1.54, 1.807) is 4.68 Å². The third-order valence-corrected chi connectivity index (χ3v) is 2.44. The van der Waals surface area contributed by atoms with Gasteiger partial charge in [0.05, 0.1) is 5.69 Å². The average molecular weight is 166 g/mol. The van der Waals surface area contributed by atoms with Crippen LogP contribution in [0.15, 0.2) is 0 Å². The van der Waals surface area contributed by atoms with Crippen LogP contribution in [-0.2, 0) is 20.0 Å². The summed E-state index contributed by atoms with van der Waals surface area (Å²) in [6.07, 6.45) is 1.03. The van der Waals surface area contributed by atoms with Crippen LogP contribution in [0.5, 0.6) is 0 Å². The molecule has 0 atom stereocenters. The van der Waals surface area contributed by atoms with Crippen LogP contribution in [0.4, 0.5) is 5.82 Å². The maximum atomic E-state index is 5.85. The fourth-order valence-electron chi connectivity index (χ4n) is 1.68. The Bertz CT molecular complexity index is 302. The number of hydrogen-bond donors (Lipinski definition) is 1. The molecule has 0 radical (unpaired) electrons. The lowest BCUT2D eigenvalue weighted by Gasteiger charge is -2.20. The summed E-state index contributed by atoms with van der Waals surface area (Å²) in [6.45, 7) is 2.02. The summed E-state index contributed by atoms with van der Waals surface area (Å²) in [6, 6.07) is 0. The van der Waals surface area contributed by atoms with E-state index in [0.29, 0.717) is 0 Å². The van der Waals surface area contributed by atoms with Crippen molar-refractivity contribution in [3.63, 3.8) is 0 Å². The first-order valence-electron chi connectivity index (χ1n) is 4.17. The normalized spacial score (nSPS) is 17.8. The van der Waals surface area contributed by atoms with Crippen LogP contribution in [0.2, 0.25) is 0 Å². The van der Waals surface area contributed by atoms with E-state index in [1.807, 2.05) is 7.05 Å². The highest BCUT2D eigenvalue weighted by Gasteiger charge is 2.19. The molecular weight excluding hydrogens is 152 g/mol. The third kappa shape index (κ3) is 0.992. The van der Waals surface area contributed by atoms with Crippen LogP contribution in [0, 0.1) is 0 Å². The number of likely N-dealkylation sites (N-methyl/N-ethyl adjacent to an activating group) is 1. The van der Waals surface area contributed by atoms with Crippen LogP contribution >= 0.6 is 0 Å². The lowest BCUT2D eigenvalue weighted by atomic mass is 10.1. The van der Waals surface area contributed by atoms with Crippen molar-refractivity contribution in [2.45, 2.75) is 13.0 Å². The predicted molar refractivity (Wildman–Crippen MR) is 47.7 cm³/mol. The van der Waals surface area contributed by atoms with Crippen LogP contribution in [0.3, 0.4) is 0 Å². The summed E-state index contributed by atoms with van der Waals surface area (Å²) in [5, 5.41) is 4.35. The van der Waals surface area contributed by atoms with Gasteiger partial charge in [-0.1, -0.05) is 0 Å². The van der Waals surface area contributed by atoms with E-state index < -0.39 is 0 Å². The Morgan fingerprint density at radius 2 is 2.17 bits per heavy atom. The van der Waals surface area contributed by atoms with E-state index in [0.717, 1.165) is 31.0 Å². The Morgan fingerprint density at radius 3 is 2.92 bits per heavy atom. The number of nitrogens with two attached hydrogens (primary N) is 1. The molecule has 0 aromatic carbocycles. The maximum Gasteiger partial charge on any atom is 0.124 e. The molecule has 66 valence electrons. The summed E-state index contributed by atoms with van der Waals surface area (Å²) in [4.78, 5) is 2.26. The number of fused-ring (bicyclic) bond motifs is 1. The number of nitrogens with zero attached hydrogens (tertiary/aromatic N) is 3. The molecule has 2 N–H and O–H groups in total. The molecule has 4 heteroatoms. The maximum absolute atomic E-state index is 5.85. The standard InChI is InChI=1S/C8H14N4/c1-11-4-3-6-7(5-11)10-12(2)8(6)9/h3-5,9H2,1-2H3. The number of nitrogen functional groups attached to an aromatic ring is 1. The van der Waals surface area contributed by atoms with Gasteiger partial charge in [0.2, 0.25) is 0 Å². The van der Waals surface area contributed by atoms with E-state index in [9.17, 15) is 0 Å². The number of aromatic nitrogens is 2. The molecule has 0 saturated heterocycles. The van der Waals surface area contributed by atoms with Gasteiger partial charge < -0.3 is 10.6 Å². The van der Waals surface area contributed by atoms with Gasteiger partial charge in [-0.2, -0.15) is 5.10 Å². The monoisotopic (exact) mass is 166 g/mol. The van der Waals surface area contributed by atoms with Gasteiger partial charge in [0, 0.05) is 25.7 Å². The summed E-state index contributed by atoms with van der Waals surface area (Å²) >= 11 is 0. The molecule has 1 aromatic heterocycles. The first kappa shape index (κ1) is 7.61. The zero-order chi connectivity index (χ0) is 8.72. The molecule has 0 saturated carbocycles. The molecule has 0 aliphatic carbocycles. The number of anilines is 1. The predicted octanol–water partition coefficient (Wildman–Crippen LogP) is -0.00980. The Balaban J connectivity index is 2.43. The minimum atomic E-state index is 0.832. The Hall–Kier alpha value is -1.03. The Morgan fingerprint density at radius 1 is 1.42 bits per heavy atom. The van der Waals surface area contributed by atoms with Gasteiger partial charge in [0.1, 0.15) is 5.82 Å². The summed E-state index contributed by atoms with van der Waals surface area (Å²) in [5.41, 5.74) is 8.24. The minimum Gasteiger partial charge on any atom is -0.384 e. The molecule has 0 fully saturated rings. The zero-order valence-electron chi connectivity index (χ0n) is 7.54. The Kier molecular flexibility index (Phi) is 1.58. The van der Waals surface area contributed by atoms with E-state index in [2.05, 4.69) is 17.0 Å². The van der Waals surface area contributed by atoms with E-state index >= 15 is 0 Å². The highest BCUT2D eigenvalue weighted by atomic mass is 15.3. The van der Waals surface area contributed by atoms with Crippen molar-refractivity contribution in [2.24, 2.45) is 7.05 Å². The van der Waals surface area contributed by atoms with Crippen LogP contribution in [-0.4, -0.2) is 28.3 Å². The second-order valence-electron chi connectivity index (χ2n) is 3.42. The summed E-state index contributed by atoms with van der Waals surface area (Å²) in [5.74, 6) is 0.832. The first-order chi connectivity index (χ1) is 5.68. The van der Waals surface area contributed by atoms with E-state index in [4.69, 9.17) is 5.73 Å². The largest absolute Gasteiger partial charge is 0.384 e. The average Bonchev–Trinajstić information content (AvgIpc) is 2.28. The van der Waals surface area contributed by atoms with Gasteiger partial charge in [-0.15, -0.1) is 0 Å². The second-order valence-corrected chi connectivity index (χ2v) is 3.42. The summed E-state index contributed by atoms with van der Waals surface area (Å²) < 4.78 is 1.77. The molecule has 1 aromatic rings. The SMILES string of the molecule is CN1CCc2c(nn(C)c2N)C1. The smallest absolute Gasteiger partial charge is 0.124 e. The van der Waals surface area contributed by atoms with E-state index in [-0.39, 0.29) is 0 Å².